The van der Waals surface area contributed by atoms with Gasteiger partial charge in [0.2, 0.25) is 11.9 Å². The molecule has 1 aromatic rings. The van der Waals surface area contributed by atoms with Gasteiger partial charge in [-0.05, 0) is 6.42 Å². The molecule has 1 heterocycles. The predicted octanol–water partition coefficient (Wildman–Crippen LogP) is 0.792. The highest BCUT2D eigenvalue weighted by Gasteiger charge is 2.09. The van der Waals surface area contributed by atoms with E-state index in [4.69, 9.17) is 10.6 Å². The summed E-state index contributed by atoms with van der Waals surface area (Å²) in [5.41, 5.74) is 2.40. The normalized spacial score (nSPS) is 10.1. The number of nitrogen functional groups attached to an aromatic ring is 1. The molecule has 1 rings (SSSR count). The third kappa shape index (κ3) is 4.03. The van der Waals surface area contributed by atoms with Crippen LogP contribution in [0.25, 0.3) is 0 Å². The van der Waals surface area contributed by atoms with E-state index >= 15 is 0 Å². The van der Waals surface area contributed by atoms with E-state index in [0.29, 0.717) is 11.9 Å². The number of anilines is 2. The first-order valence-electron chi connectivity index (χ1n) is 5.69. The van der Waals surface area contributed by atoms with Gasteiger partial charge in [-0.25, -0.2) is 5.84 Å². The molecule has 7 nitrogen and oxygen atoms in total. The Kier molecular flexibility index (Phi) is 5.41. The van der Waals surface area contributed by atoms with Crippen molar-refractivity contribution in [2.75, 3.05) is 31.0 Å². The molecule has 0 bridgehead atoms. The lowest BCUT2D eigenvalue weighted by molar-refractivity contribution is 0.379. The van der Waals surface area contributed by atoms with Gasteiger partial charge in [-0.1, -0.05) is 19.8 Å². The molecule has 0 spiro atoms. The number of nitrogens with one attached hydrogen (secondary N) is 1. The van der Waals surface area contributed by atoms with Crippen LogP contribution in [-0.2, 0) is 0 Å². The Morgan fingerprint density at radius 3 is 2.65 bits per heavy atom. The van der Waals surface area contributed by atoms with E-state index in [0.717, 1.165) is 13.0 Å². The molecule has 3 N–H and O–H groups in total. The lowest BCUT2D eigenvalue weighted by atomic mass is 10.2. The second kappa shape index (κ2) is 6.85. The van der Waals surface area contributed by atoms with E-state index in [9.17, 15) is 0 Å². The Labute approximate surface area is 101 Å². The van der Waals surface area contributed by atoms with E-state index in [-0.39, 0.29) is 6.01 Å². The van der Waals surface area contributed by atoms with Crippen molar-refractivity contribution in [1.29, 1.82) is 0 Å². The summed E-state index contributed by atoms with van der Waals surface area (Å²) >= 11 is 0. The van der Waals surface area contributed by atoms with Gasteiger partial charge in [0.1, 0.15) is 0 Å². The molecular weight excluding hydrogens is 220 g/mol. The SMILES string of the molecule is CCCCCN(C)c1nc(NN)nc(OC)n1. The van der Waals surface area contributed by atoms with Crippen molar-refractivity contribution in [2.45, 2.75) is 26.2 Å². The lowest BCUT2D eigenvalue weighted by Gasteiger charge is -2.17. The van der Waals surface area contributed by atoms with E-state index in [1.807, 2.05) is 11.9 Å². The Balaban J connectivity index is 2.73. The molecule has 0 unspecified atom stereocenters. The maximum atomic E-state index is 5.29. The monoisotopic (exact) mass is 240 g/mol. The zero-order valence-electron chi connectivity index (χ0n) is 10.6. The minimum absolute atomic E-state index is 0.255. The Bertz CT molecular complexity index is 323. The first kappa shape index (κ1) is 13.4. The Morgan fingerprint density at radius 2 is 2.06 bits per heavy atom. The first-order valence-corrected chi connectivity index (χ1v) is 5.69. The van der Waals surface area contributed by atoms with Gasteiger partial charge in [-0.3, -0.25) is 5.43 Å². The van der Waals surface area contributed by atoms with Gasteiger partial charge in [-0.15, -0.1) is 0 Å². The van der Waals surface area contributed by atoms with E-state index in [1.165, 1.54) is 20.0 Å². The molecule has 0 aliphatic heterocycles. The molecule has 0 saturated heterocycles. The van der Waals surface area contributed by atoms with Gasteiger partial charge in [-0.2, -0.15) is 15.0 Å². The van der Waals surface area contributed by atoms with Crippen molar-refractivity contribution < 1.29 is 4.74 Å². The van der Waals surface area contributed by atoms with Gasteiger partial charge >= 0.3 is 6.01 Å². The van der Waals surface area contributed by atoms with E-state index in [1.54, 1.807) is 0 Å². The van der Waals surface area contributed by atoms with Crippen LogP contribution in [0.1, 0.15) is 26.2 Å². The largest absolute Gasteiger partial charge is 0.467 e. The van der Waals surface area contributed by atoms with Crippen molar-refractivity contribution in [1.82, 2.24) is 15.0 Å². The van der Waals surface area contributed by atoms with Crippen molar-refractivity contribution in [3.63, 3.8) is 0 Å². The molecule has 17 heavy (non-hydrogen) atoms. The summed E-state index contributed by atoms with van der Waals surface area (Å²) in [5, 5.41) is 0. The molecule has 0 radical (unpaired) electrons. The second-order valence-electron chi connectivity index (χ2n) is 3.72. The number of ether oxygens (including phenoxy) is 1. The summed E-state index contributed by atoms with van der Waals surface area (Å²) < 4.78 is 4.99. The van der Waals surface area contributed by atoms with Crippen LogP contribution in [0.15, 0.2) is 0 Å². The average Bonchev–Trinajstić information content (AvgIpc) is 2.38. The highest BCUT2D eigenvalue weighted by atomic mass is 16.5. The number of hydrazine groups is 1. The maximum Gasteiger partial charge on any atom is 0.322 e. The highest BCUT2D eigenvalue weighted by molar-refractivity contribution is 5.36. The minimum Gasteiger partial charge on any atom is -0.467 e. The number of rotatable bonds is 7. The molecule has 0 aliphatic rings. The fourth-order valence-electron chi connectivity index (χ4n) is 1.37. The standard InChI is InChI=1S/C10H20N6O/c1-4-5-6-7-16(2)9-12-8(15-11)13-10(14-9)17-3/h4-7,11H2,1-3H3,(H,12,13,14,15). The molecule has 0 saturated carbocycles. The van der Waals surface area contributed by atoms with Crippen LogP contribution in [0.4, 0.5) is 11.9 Å². The smallest absolute Gasteiger partial charge is 0.322 e. The van der Waals surface area contributed by atoms with Crippen LogP contribution in [0.2, 0.25) is 0 Å². The number of nitrogens with two attached hydrogens (primary N) is 1. The van der Waals surface area contributed by atoms with Crippen molar-refractivity contribution in [3.05, 3.63) is 0 Å². The highest BCUT2D eigenvalue weighted by Crippen LogP contribution is 2.13. The van der Waals surface area contributed by atoms with Crippen molar-refractivity contribution in [2.24, 2.45) is 5.84 Å². The third-order valence-electron chi connectivity index (χ3n) is 2.35. The molecule has 96 valence electrons. The molecule has 0 atom stereocenters. The first-order chi connectivity index (χ1) is 8.21. The molecule has 1 aromatic heterocycles. The Morgan fingerprint density at radius 1 is 1.29 bits per heavy atom. The summed E-state index contributed by atoms with van der Waals surface area (Å²) in [6, 6.07) is 0.255. The number of hydrogen-bond acceptors (Lipinski definition) is 7. The fraction of sp³-hybridized carbons (Fsp3) is 0.700. The molecule has 0 aromatic carbocycles. The second-order valence-corrected chi connectivity index (χ2v) is 3.72. The predicted molar refractivity (Wildman–Crippen MR) is 67.0 cm³/mol. The average molecular weight is 240 g/mol. The quantitative estimate of drug-likeness (QED) is 0.414. The van der Waals surface area contributed by atoms with Gasteiger partial charge < -0.3 is 9.64 Å². The molecule has 7 heteroatoms. The zero-order chi connectivity index (χ0) is 12.7. The summed E-state index contributed by atoms with van der Waals surface area (Å²) in [5.74, 6) is 6.14. The van der Waals surface area contributed by atoms with Gasteiger partial charge in [0.05, 0.1) is 7.11 Å². The number of hydrogen-bond donors (Lipinski definition) is 2. The number of methoxy groups -OCH3 is 1. The fourth-order valence-corrected chi connectivity index (χ4v) is 1.37. The third-order valence-corrected chi connectivity index (χ3v) is 2.35. The lowest BCUT2D eigenvalue weighted by Crippen LogP contribution is -2.23. The van der Waals surface area contributed by atoms with Gasteiger partial charge in [0.15, 0.2) is 0 Å². The van der Waals surface area contributed by atoms with Crippen molar-refractivity contribution in [3.8, 4) is 6.01 Å². The minimum atomic E-state index is 0.255. The van der Waals surface area contributed by atoms with Crippen LogP contribution in [0.5, 0.6) is 6.01 Å². The van der Waals surface area contributed by atoms with Crippen LogP contribution in [0.3, 0.4) is 0 Å². The zero-order valence-corrected chi connectivity index (χ0v) is 10.6. The van der Waals surface area contributed by atoms with Gasteiger partial charge in [0.25, 0.3) is 0 Å². The summed E-state index contributed by atoms with van der Waals surface area (Å²) in [6.07, 6.45) is 3.48. The van der Waals surface area contributed by atoms with Crippen LogP contribution >= 0.6 is 0 Å². The number of aromatic nitrogens is 3. The molecule has 0 fully saturated rings. The van der Waals surface area contributed by atoms with E-state index in [2.05, 4.69) is 27.3 Å². The molecule has 0 amide bonds. The van der Waals surface area contributed by atoms with E-state index < -0.39 is 0 Å². The number of unbranched alkanes of at least 4 members (excludes halogenated alkanes) is 2. The topological polar surface area (TPSA) is 89.2 Å². The van der Waals surface area contributed by atoms with Crippen LogP contribution in [-0.4, -0.2) is 35.7 Å². The van der Waals surface area contributed by atoms with Crippen LogP contribution in [0, 0.1) is 0 Å². The Hall–Kier alpha value is -1.63. The molecule has 0 aliphatic carbocycles. The van der Waals surface area contributed by atoms with Crippen molar-refractivity contribution >= 4 is 11.9 Å². The van der Waals surface area contributed by atoms with Crippen LogP contribution < -0.4 is 20.9 Å². The molecular formula is C10H20N6O. The number of nitrogens with zero attached hydrogens (tertiary/aromatic N) is 4. The summed E-state index contributed by atoms with van der Waals surface area (Å²) in [4.78, 5) is 14.2. The summed E-state index contributed by atoms with van der Waals surface area (Å²) in [6.45, 7) is 3.06. The van der Waals surface area contributed by atoms with Gasteiger partial charge in [0, 0.05) is 13.6 Å². The summed E-state index contributed by atoms with van der Waals surface area (Å²) in [7, 11) is 3.45. The maximum absolute atomic E-state index is 5.29.